The van der Waals surface area contributed by atoms with Gasteiger partial charge in [-0.3, -0.25) is 4.98 Å². The van der Waals surface area contributed by atoms with E-state index in [1.165, 1.54) is 16.8 Å². The van der Waals surface area contributed by atoms with Crippen molar-refractivity contribution < 1.29 is 0 Å². The lowest BCUT2D eigenvalue weighted by Gasteiger charge is -2.17. The molecule has 1 aromatic carbocycles. The molecule has 18 heavy (non-hydrogen) atoms. The average Bonchev–Trinajstić information content (AvgIpc) is 2.40. The molecule has 2 rings (SSSR count). The number of nitrogens with one attached hydrogen (secondary N) is 1. The lowest BCUT2D eigenvalue weighted by Crippen LogP contribution is -2.06. The van der Waals surface area contributed by atoms with E-state index in [-0.39, 0.29) is 6.04 Å². The highest BCUT2D eigenvalue weighted by atomic mass is 14.9. The van der Waals surface area contributed by atoms with E-state index in [1.54, 1.807) is 0 Å². The Bertz CT molecular complexity index is 491. The molecule has 2 heteroatoms. The van der Waals surface area contributed by atoms with E-state index in [1.807, 2.05) is 24.5 Å². The molecule has 2 nitrogen and oxygen atoms in total. The van der Waals surface area contributed by atoms with Crippen LogP contribution in [0.2, 0.25) is 0 Å². The molecule has 0 saturated heterocycles. The summed E-state index contributed by atoms with van der Waals surface area (Å²) >= 11 is 0. The molecule has 0 radical (unpaired) electrons. The van der Waals surface area contributed by atoms with Crippen LogP contribution in [0.1, 0.15) is 43.9 Å². The van der Waals surface area contributed by atoms with Gasteiger partial charge in [-0.2, -0.15) is 0 Å². The first-order valence-corrected chi connectivity index (χ1v) is 6.43. The van der Waals surface area contributed by atoms with Crippen molar-refractivity contribution in [1.29, 1.82) is 0 Å². The van der Waals surface area contributed by atoms with Crippen LogP contribution in [0.4, 0.5) is 5.69 Å². The van der Waals surface area contributed by atoms with Crippen LogP contribution in [0, 0.1) is 0 Å². The van der Waals surface area contributed by atoms with Gasteiger partial charge in [-0.25, -0.2) is 0 Å². The van der Waals surface area contributed by atoms with Gasteiger partial charge in [0.15, 0.2) is 0 Å². The van der Waals surface area contributed by atoms with Crippen molar-refractivity contribution in [2.24, 2.45) is 0 Å². The zero-order valence-corrected chi connectivity index (χ0v) is 11.2. The van der Waals surface area contributed by atoms with E-state index in [4.69, 9.17) is 0 Å². The number of aromatic nitrogens is 1. The van der Waals surface area contributed by atoms with Gasteiger partial charge in [-0.1, -0.05) is 26.0 Å². The van der Waals surface area contributed by atoms with E-state index in [9.17, 15) is 0 Å². The van der Waals surface area contributed by atoms with E-state index in [0.717, 1.165) is 0 Å². The predicted molar refractivity (Wildman–Crippen MR) is 76.8 cm³/mol. The number of rotatable bonds is 4. The molecule has 1 atom stereocenters. The lowest BCUT2D eigenvalue weighted by molar-refractivity contribution is 0.857. The van der Waals surface area contributed by atoms with Gasteiger partial charge in [0.25, 0.3) is 0 Å². The van der Waals surface area contributed by atoms with Crippen LogP contribution in [-0.2, 0) is 0 Å². The molecule has 0 aliphatic heterocycles. The maximum atomic E-state index is 4.04. The van der Waals surface area contributed by atoms with E-state index in [2.05, 4.69) is 55.3 Å². The molecule has 1 aromatic heterocycles. The van der Waals surface area contributed by atoms with Crippen molar-refractivity contribution >= 4 is 5.69 Å². The van der Waals surface area contributed by atoms with Gasteiger partial charge in [-0.05, 0) is 48.2 Å². The molecule has 0 aliphatic rings. The summed E-state index contributed by atoms with van der Waals surface area (Å²) in [6.07, 6.45) is 3.66. The van der Waals surface area contributed by atoms with Crippen molar-refractivity contribution in [1.82, 2.24) is 4.98 Å². The maximum absolute atomic E-state index is 4.04. The van der Waals surface area contributed by atoms with Crippen LogP contribution in [0.5, 0.6) is 0 Å². The Hall–Kier alpha value is -1.83. The van der Waals surface area contributed by atoms with Crippen LogP contribution in [0.3, 0.4) is 0 Å². The standard InChI is InChI=1S/C16H20N2/c1-12(2)15-5-4-6-16(11-15)18-13(3)14-7-9-17-10-8-14/h4-13,18H,1-3H3. The lowest BCUT2D eigenvalue weighted by atomic mass is 10.0. The summed E-state index contributed by atoms with van der Waals surface area (Å²) in [5, 5.41) is 3.53. The number of anilines is 1. The highest BCUT2D eigenvalue weighted by Gasteiger charge is 2.06. The molecule has 0 spiro atoms. The molecule has 0 saturated carbocycles. The van der Waals surface area contributed by atoms with E-state index in [0.29, 0.717) is 5.92 Å². The van der Waals surface area contributed by atoms with E-state index >= 15 is 0 Å². The third kappa shape index (κ3) is 3.10. The first-order valence-electron chi connectivity index (χ1n) is 6.43. The molecule has 94 valence electrons. The molecule has 2 aromatic rings. The Labute approximate surface area is 109 Å². The summed E-state index contributed by atoms with van der Waals surface area (Å²) in [4.78, 5) is 4.04. The van der Waals surface area contributed by atoms with Gasteiger partial charge < -0.3 is 5.32 Å². The van der Waals surface area contributed by atoms with Crippen molar-refractivity contribution in [3.8, 4) is 0 Å². The highest BCUT2D eigenvalue weighted by Crippen LogP contribution is 2.22. The van der Waals surface area contributed by atoms with Crippen LogP contribution < -0.4 is 5.32 Å². The SMILES string of the molecule is CC(C)c1cccc(NC(C)c2ccncc2)c1. The normalized spacial score (nSPS) is 12.4. The van der Waals surface area contributed by atoms with Gasteiger partial charge >= 0.3 is 0 Å². The molecular weight excluding hydrogens is 220 g/mol. The molecule has 0 amide bonds. The van der Waals surface area contributed by atoms with E-state index < -0.39 is 0 Å². The van der Waals surface area contributed by atoms with Gasteiger partial charge in [0.2, 0.25) is 0 Å². The fourth-order valence-corrected chi connectivity index (χ4v) is 1.97. The third-order valence-corrected chi connectivity index (χ3v) is 3.14. The maximum Gasteiger partial charge on any atom is 0.0486 e. The Kier molecular flexibility index (Phi) is 3.98. The summed E-state index contributed by atoms with van der Waals surface area (Å²) in [5.41, 5.74) is 3.78. The predicted octanol–water partition coefficient (Wildman–Crippen LogP) is 4.38. The first kappa shape index (κ1) is 12.6. The first-order chi connectivity index (χ1) is 8.66. The number of hydrogen-bond acceptors (Lipinski definition) is 2. The Morgan fingerprint density at radius 2 is 1.67 bits per heavy atom. The third-order valence-electron chi connectivity index (χ3n) is 3.14. The topological polar surface area (TPSA) is 24.9 Å². The molecule has 1 heterocycles. The summed E-state index contributed by atoms with van der Waals surface area (Å²) in [7, 11) is 0. The molecule has 0 bridgehead atoms. The second-order valence-corrected chi connectivity index (χ2v) is 4.93. The van der Waals surface area contributed by atoms with Crippen molar-refractivity contribution in [2.75, 3.05) is 5.32 Å². The van der Waals surface area contributed by atoms with Crippen LogP contribution >= 0.6 is 0 Å². The zero-order valence-electron chi connectivity index (χ0n) is 11.2. The van der Waals surface area contributed by atoms with Gasteiger partial charge in [-0.15, -0.1) is 0 Å². The van der Waals surface area contributed by atoms with Crippen molar-refractivity contribution in [2.45, 2.75) is 32.7 Å². The molecule has 0 fully saturated rings. The van der Waals surface area contributed by atoms with Crippen molar-refractivity contribution in [3.63, 3.8) is 0 Å². The minimum atomic E-state index is 0.287. The van der Waals surface area contributed by atoms with Crippen LogP contribution in [0.15, 0.2) is 48.8 Å². The Morgan fingerprint density at radius 3 is 2.33 bits per heavy atom. The fraction of sp³-hybridized carbons (Fsp3) is 0.312. The van der Waals surface area contributed by atoms with Crippen LogP contribution in [0.25, 0.3) is 0 Å². The van der Waals surface area contributed by atoms with Gasteiger partial charge in [0.05, 0.1) is 0 Å². The number of pyridine rings is 1. The second kappa shape index (κ2) is 5.67. The molecule has 0 aliphatic carbocycles. The average molecular weight is 240 g/mol. The Morgan fingerprint density at radius 1 is 0.944 bits per heavy atom. The number of hydrogen-bond donors (Lipinski definition) is 1. The Balaban J connectivity index is 2.12. The molecular formula is C16H20N2. The van der Waals surface area contributed by atoms with Gasteiger partial charge in [0, 0.05) is 24.1 Å². The number of benzene rings is 1. The summed E-state index contributed by atoms with van der Waals surface area (Å²) in [6.45, 7) is 6.59. The summed E-state index contributed by atoms with van der Waals surface area (Å²) in [5.74, 6) is 0.558. The fourth-order valence-electron chi connectivity index (χ4n) is 1.97. The quantitative estimate of drug-likeness (QED) is 0.858. The summed E-state index contributed by atoms with van der Waals surface area (Å²) < 4.78 is 0. The monoisotopic (exact) mass is 240 g/mol. The molecule has 1 unspecified atom stereocenters. The molecule has 1 N–H and O–H groups in total. The van der Waals surface area contributed by atoms with Crippen LogP contribution in [-0.4, -0.2) is 4.98 Å². The van der Waals surface area contributed by atoms with Gasteiger partial charge in [0.1, 0.15) is 0 Å². The number of nitrogens with zero attached hydrogens (tertiary/aromatic N) is 1. The highest BCUT2D eigenvalue weighted by molar-refractivity contribution is 5.48. The van der Waals surface area contributed by atoms with Crippen molar-refractivity contribution in [3.05, 3.63) is 59.9 Å². The second-order valence-electron chi connectivity index (χ2n) is 4.93. The smallest absolute Gasteiger partial charge is 0.0486 e. The largest absolute Gasteiger partial charge is 0.379 e. The summed E-state index contributed by atoms with van der Waals surface area (Å²) in [6, 6.07) is 13.0. The minimum Gasteiger partial charge on any atom is -0.379 e. The minimum absolute atomic E-state index is 0.287. The zero-order chi connectivity index (χ0) is 13.0.